The Morgan fingerprint density at radius 1 is 1.14 bits per heavy atom. The minimum atomic E-state index is -0.319. The van der Waals surface area contributed by atoms with Gasteiger partial charge in [0.1, 0.15) is 17.4 Å². The molecule has 3 aromatic rings. The maximum atomic E-state index is 13.3. The van der Waals surface area contributed by atoms with Crippen molar-refractivity contribution in [3.63, 3.8) is 0 Å². The summed E-state index contributed by atoms with van der Waals surface area (Å²) in [5, 5.41) is 9.68. The van der Waals surface area contributed by atoms with Crippen LogP contribution in [0.1, 0.15) is 65.6 Å². The number of rotatable bonds is 6. The zero-order valence-corrected chi connectivity index (χ0v) is 20.0. The van der Waals surface area contributed by atoms with Crippen LogP contribution >= 0.6 is 0 Å². The molecule has 2 fully saturated rings. The topological polar surface area (TPSA) is 91.0 Å². The summed E-state index contributed by atoms with van der Waals surface area (Å²) >= 11 is 0. The molecule has 1 aromatic carbocycles. The lowest BCUT2D eigenvalue weighted by Crippen LogP contribution is -2.36. The Kier molecular flexibility index (Phi) is 7.08. The van der Waals surface area contributed by atoms with Gasteiger partial charge in [-0.2, -0.15) is 5.10 Å². The number of halogens is 1. The van der Waals surface area contributed by atoms with E-state index < -0.39 is 0 Å². The number of aromatic amines is 1. The summed E-state index contributed by atoms with van der Waals surface area (Å²) in [5.74, 6) is 6.73. The molecule has 2 saturated heterocycles. The quantitative estimate of drug-likeness (QED) is 0.410. The van der Waals surface area contributed by atoms with Crippen LogP contribution < -0.4 is 10.2 Å². The number of benzene rings is 1. The lowest BCUT2D eigenvalue weighted by Gasteiger charge is -2.30. The highest BCUT2D eigenvalue weighted by molar-refractivity contribution is 5.94. The maximum Gasteiger partial charge on any atom is 0.252 e. The second-order valence-electron chi connectivity index (χ2n) is 9.39. The highest BCUT2D eigenvalue weighted by atomic mass is 19.1. The average molecular weight is 486 g/mol. The molecular formula is C28H28FN5O2. The van der Waals surface area contributed by atoms with Gasteiger partial charge in [-0.25, -0.2) is 9.37 Å². The van der Waals surface area contributed by atoms with E-state index in [0.717, 1.165) is 37.7 Å². The first-order valence-electron chi connectivity index (χ1n) is 12.4. The van der Waals surface area contributed by atoms with E-state index >= 15 is 0 Å². The number of anilines is 1. The highest BCUT2D eigenvalue weighted by Crippen LogP contribution is 2.37. The lowest BCUT2D eigenvalue weighted by molar-refractivity contribution is -0.119. The Labute approximate surface area is 209 Å². The van der Waals surface area contributed by atoms with E-state index in [2.05, 4.69) is 32.3 Å². The number of aryl methyl sites for hydroxylation is 1. The number of pyridine rings is 1. The molecule has 7 nitrogen and oxygen atoms in total. The third-order valence-electron chi connectivity index (χ3n) is 6.88. The summed E-state index contributed by atoms with van der Waals surface area (Å²) in [5.41, 5.74) is 2.84. The molecule has 0 spiro atoms. The number of amides is 1. The Balaban J connectivity index is 1.39. The summed E-state index contributed by atoms with van der Waals surface area (Å²) in [6.07, 6.45) is 10.7. The summed E-state index contributed by atoms with van der Waals surface area (Å²) in [6, 6.07) is 8.11. The van der Waals surface area contributed by atoms with Gasteiger partial charge in [0.15, 0.2) is 0 Å². The van der Waals surface area contributed by atoms with Crippen LogP contribution in [0.3, 0.4) is 0 Å². The molecule has 2 atom stereocenters. The molecular weight excluding hydrogens is 457 g/mol. The number of ketones is 1. The first kappa shape index (κ1) is 23.7. The van der Waals surface area contributed by atoms with Gasteiger partial charge in [0.05, 0.1) is 17.3 Å². The van der Waals surface area contributed by atoms with E-state index in [-0.39, 0.29) is 29.6 Å². The van der Waals surface area contributed by atoms with Gasteiger partial charge >= 0.3 is 0 Å². The molecule has 0 radical (unpaired) electrons. The van der Waals surface area contributed by atoms with Crippen molar-refractivity contribution >= 4 is 17.5 Å². The van der Waals surface area contributed by atoms with Crippen molar-refractivity contribution in [2.45, 2.75) is 57.0 Å². The maximum absolute atomic E-state index is 13.3. The molecule has 2 aromatic heterocycles. The molecule has 2 aliphatic heterocycles. The third kappa shape index (κ3) is 5.46. The zero-order valence-electron chi connectivity index (χ0n) is 20.0. The number of aromatic nitrogens is 3. The van der Waals surface area contributed by atoms with Crippen molar-refractivity contribution in [2.24, 2.45) is 0 Å². The first-order chi connectivity index (χ1) is 17.6. The molecule has 0 saturated carbocycles. The fourth-order valence-corrected chi connectivity index (χ4v) is 5.05. The monoisotopic (exact) mass is 485 g/mol. The lowest BCUT2D eigenvalue weighted by atomic mass is 10.0. The molecule has 2 unspecified atom stereocenters. The second-order valence-corrected chi connectivity index (χ2v) is 9.39. The number of carbonyl (C=O) groups excluding carboxylic acids is 2. The molecule has 2 N–H and O–H groups in total. The van der Waals surface area contributed by atoms with Crippen LogP contribution in [-0.2, 0) is 11.2 Å². The predicted molar refractivity (Wildman–Crippen MR) is 134 cm³/mol. The number of hydrogen-bond acceptors (Lipinski definition) is 5. The van der Waals surface area contributed by atoms with Crippen LogP contribution in [-0.4, -0.2) is 45.5 Å². The van der Waals surface area contributed by atoms with E-state index in [0.29, 0.717) is 41.9 Å². The van der Waals surface area contributed by atoms with Crippen molar-refractivity contribution in [3.05, 3.63) is 77.0 Å². The van der Waals surface area contributed by atoms with Gasteiger partial charge in [0.25, 0.3) is 5.91 Å². The number of carbonyl (C=O) groups is 2. The van der Waals surface area contributed by atoms with Crippen molar-refractivity contribution in [3.8, 4) is 11.8 Å². The Hall–Kier alpha value is -3.99. The number of H-pyrrole nitrogens is 1. The van der Waals surface area contributed by atoms with Gasteiger partial charge in [0, 0.05) is 49.4 Å². The SMILES string of the molecule is O=C1CCC2CCC(C1)N2c1ncc(C(=O)NCCCc2cn[nH]c2)cc1C#Cc1ccc(F)cc1. The smallest absolute Gasteiger partial charge is 0.252 e. The summed E-state index contributed by atoms with van der Waals surface area (Å²) in [6.45, 7) is 0.529. The van der Waals surface area contributed by atoms with E-state index in [4.69, 9.17) is 4.98 Å². The van der Waals surface area contributed by atoms with Crippen LogP contribution in [0.5, 0.6) is 0 Å². The van der Waals surface area contributed by atoms with E-state index in [1.807, 2.05) is 6.20 Å². The van der Waals surface area contributed by atoms with E-state index in [9.17, 15) is 14.0 Å². The first-order valence-corrected chi connectivity index (χ1v) is 12.4. The largest absolute Gasteiger partial charge is 0.352 e. The Morgan fingerprint density at radius 3 is 2.78 bits per heavy atom. The van der Waals surface area contributed by atoms with Crippen LogP contribution in [0.15, 0.2) is 48.9 Å². The van der Waals surface area contributed by atoms with Crippen molar-refractivity contribution in [1.29, 1.82) is 0 Å². The van der Waals surface area contributed by atoms with Gasteiger partial charge in [-0.1, -0.05) is 11.8 Å². The van der Waals surface area contributed by atoms with Crippen molar-refractivity contribution in [1.82, 2.24) is 20.5 Å². The Morgan fingerprint density at radius 2 is 1.97 bits per heavy atom. The van der Waals surface area contributed by atoms with Gasteiger partial charge < -0.3 is 10.2 Å². The van der Waals surface area contributed by atoms with Crippen LogP contribution in [0.25, 0.3) is 0 Å². The number of nitrogens with one attached hydrogen (secondary N) is 2. The van der Waals surface area contributed by atoms with Crippen LogP contribution in [0.2, 0.25) is 0 Å². The molecule has 4 heterocycles. The second kappa shape index (κ2) is 10.7. The molecule has 8 heteroatoms. The van der Waals surface area contributed by atoms with Crippen molar-refractivity contribution in [2.75, 3.05) is 11.4 Å². The number of Topliss-reactive ketones (excluding diaryl/α,β-unsaturated/α-hetero) is 1. The molecule has 2 aliphatic rings. The van der Waals surface area contributed by atoms with Crippen molar-refractivity contribution < 1.29 is 14.0 Å². The molecule has 2 bridgehead atoms. The molecule has 1 amide bonds. The fraction of sp³-hybridized carbons (Fsp3) is 0.357. The highest BCUT2D eigenvalue weighted by Gasteiger charge is 2.39. The summed E-state index contributed by atoms with van der Waals surface area (Å²) in [4.78, 5) is 32.1. The van der Waals surface area contributed by atoms with Gasteiger partial charge in [-0.15, -0.1) is 0 Å². The molecule has 5 rings (SSSR count). The summed E-state index contributed by atoms with van der Waals surface area (Å²) < 4.78 is 13.3. The van der Waals surface area contributed by atoms with Gasteiger partial charge in [-0.3, -0.25) is 14.7 Å². The van der Waals surface area contributed by atoms with Crippen LogP contribution in [0.4, 0.5) is 10.2 Å². The third-order valence-corrected chi connectivity index (χ3v) is 6.88. The van der Waals surface area contributed by atoms with E-state index in [1.165, 1.54) is 12.1 Å². The minimum Gasteiger partial charge on any atom is -0.352 e. The normalized spacial score (nSPS) is 18.9. The molecule has 36 heavy (non-hydrogen) atoms. The van der Waals surface area contributed by atoms with Crippen LogP contribution in [0, 0.1) is 17.7 Å². The number of fused-ring (bicyclic) bond motifs is 2. The van der Waals surface area contributed by atoms with Gasteiger partial charge in [-0.05, 0) is 68.0 Å². The molecule has 0 aliphatic carbocycles. The van der Waals surface area contributed by atoms with Gasteiger partial charge in [0.2, 0.25) is 0 Å². The fourth-order valence-electron chi connectivity index (χ4n) is 5.05. The minimum absolute atomic E-state index is 0.103. The zero-order chi connectivity index (χ0) is 24.9. The molecule has 184 valence electrons. The Bertz CT molecular complexity index is 1290. The number of hydrogen-bond donors (Lipinski definition) is 2. The predicted octanol–water partition coefficient (Wildman–Crippen LogP) is 3.80. The standard InChI is InChI=1S/C28H28FN5O2/c29-23-7-4-19(5-8-23)3-6-21-14-22(28(36)30-13-1-2-20-16-32-33-17-20)18-31-27(21)34-24-9-10-25(34)15-26(35)12-11-24/h4-5,7-8,14,16-18,24-25H,1-2,9-13,15H2,(H,30,36)(H,32,33). The van der Waals surface area contributed by atoms with E-state index in [1.54, 1.807) is 30.6 Å². The number of nitrogens with zero attached hydrogens (tertiary/aromatic N) is 3. The summed E-state index contributed by atoms with van der Waals surface area (Å²) in [7, 11) is 0. The average Bonchev–Trinajstić information content (AvgIpc) is 3.50.